The van der Waals surface area contributed by atoms with Gasteiger partial charge in [0.2, 0.25) is 0 Å². The fourth-order valence-corrected chi connectivity index (χ4v) is 2.51. The summed E-state index contributed by atoms with van der Waals surface area (Å²) in [7, 11) is 0. The van der Waals surface area contributed by atoms with Crippen LogP contribution < -0.4 is 0 Å². The van der Waals surface area contributed by atoms with Crippen LogP contribution in [-0.2, 0) is 19.1 Å². The number of halogens is 1. The van der Waals surface area contributed by atoms with E-state index in [1.165, 1.54) is 12.1 Å². The van der Waals surface area contributed by atoms with Crippen molar-refractivity contribution in [1.29, 1.82) is 0 Å². The highest BCUT2D eigenvalue weighted by Gasteiger charge is 2.28. The van der Waals surface area contributed by atoms with Crippen LogP contribution in [0.2, 0.25) is 0 Å². The first-order valence-corrected chi connectivity index (χ1v) is 8.40. The molecule has 136 valence electrons. The maximum atomic E-state index is 14.5. The molecule has 0 atom stereocenters. The predicted octanol–water partition coefficient (Wildman–Crippen LogP) is 4.06. The number of hydrogen-bond donors (Lipinski definition) is 0. The fourth-order valence-electron chi connectivity index (χ4n) is 2.51. The van der Waals surface area contributed by atoms with E-state index in [0.29, 0.717) is 5.56 Å². The molecule has 0 fully saturated rings. The highest BCUT2D eigenvalue weighted by molar-refractivity contribution is 6.21. The summed E-state index contributed by atoms with van der Waals surface area (Å²) in [5, 5.41) is 0. The maximum Gasteiger partial charge on any atom is 0.346 e. The fraction of sp³-hybridized carbons (Fsp3) is 0.238. The van der Waals surface area contributed by atoms with E-state index in [4.69, 9.17) is 9.47 Å². The van der Waals surface area contributed by atoms with Crippen LogP contribution in [0.5, 0.6) is 0 Å². The predicted molar refractivity (Wildman–Crippen MR) is 96.9 cm³/mol. The van der Waals surface area contributed by atoms with Gasteiger partial charge in [-0.1, -0.05) is 48.0 Å². The van der Waals surface area contributed by atoms with Crippen LogP contribution in [-0.4, -0.2) is 25.2 Å². The number of carbonyl (C=O) groups is 2. The zero-order valence-electron chi connectivity index (χ0n) is 15.0. The zero-order valence-corrected chi connectivity index (χ0v) is 15.0. The molecule has 26 heavy (non-hydrogen) atoms. The van der Waals surface area contributed by atoms with Gasteiger partial charge >= 0.3 is 11.9 Å². The molecule has 0 saturated carbocycles. The lowest BCUT2D eigenvalue weighted by molar-refractivity contribution is -0.146. The van der Waals surface area contributed by atoms with Gasteiger partial charge in [0.1, 0.15) is 5.82 Å². The van der Waals surface area contributed by atoms with Gasteiger partial charge in [-0.15, -0.1) is 0 Å². The van der Waals surface area contributed by atoms with Crippen LogP contribution >= 0.6 is 0 Å². The molecule has 4 nitrogen and oxygen atoms in total. The normalized spacial score (nSPS) is 10.2. The smallest absolute Gasteiger partial charge is 0.346 e. The number of benzene rings is 2. The first-order chi connectivity index (χ1) is 12.5. The summed E-state index contributed by atoms with van der Waals surface area (Å²) in [6, 6.07) is 13.1. The molecule has 0 heterocycles. The van der Waals surface area contributed by atoms with E-state index < -0.39 is 17.8 Å². The minimum absolute atomic E-state index is 0.0835. The van der Waals surface area contributed by atoms with Gasteiger partial charge in [-0.05, 0) is 32.4 Å². The van der Waals surface area contributed by atoms with Crippen LogP contribution in [0.4, 0.5) is 4.39 Å². The topological polar surface area (TPSA) is 52.6 Å². The Hall–Kier alpha value is -2.95. The lowest BCUT2D eigenvalue weighted by Gasteiger charge is -2.15. The summed E-state index contributed by atoms with van der Waals surface area (Å²) < 4.78 is 24.6. The molecule has 0 N–H and O–H groups in total. The van der Waals surface area contributed by atoms with Crippen molar-refractivity contribution >= 4 is 17.5 Å². The van der Waals surface area contributed by atoms with E-state index in [1.54, 1.807) is 38.1 Å². The molecule has 0 saturated heterocycles. The largest absolute Gasteiger partial charge is 0.462 e. The highest BCUT2D eigenvalue weighted by Crippen LogP contribution is 2.30. The van der Waals surface area contributed by atoms with Crippen molar-refractivity contribution in [3.8, 4) is 0 Å². The van der Waals surface area contributed by atoms with E-state index in [2.05, 4.69) is 0 Å². The first-order valence-electron chi connectivity index (χ1n) is 8.40. The molecule has 2 aromatic rings. The van der Waals surface area contributed by atoms with Crippen LogP contribution in [0.3, 0.4) is 0 Å². The van der Waals surface area contributed by atoms with Gasteiger partial charge < -0.3 is 9.47 Å². The molecule has 0 amide bonds. The van der Waals surface area contributed by atoms with Crippen LogP contribution in [0.15, 0.2) is 54.1 Å². The van der Waals surface area contributed by atoms with Crippen LogP contribution in [0.1, 0.15) is 30.5 Å². The second-order valence-electron chi connectivity index (χ2n) is 5.54. The summed E-state index contributed by atoms with van der Waals surface area (Å²) in [4.78, 5) is 25.0. The number of carbonyl (C=O) groups excluding carboxylic acids is 2. The molecular weight excluding hydrogens is 335 g/mol. The van der Waals surface area contributed by atoms with E-state index in [-0.39, 0.29) is 29.9 Å². The SMILES string of the molecule is CCOC(=O)C(C(=O)OCC)=C(c1ccc(C)cc1)c1ccccc1F. The van der Waals surface area contributed by atoms with Crippen molar-refractivity contribution in [3.63, 3.8) is 0 Å². The number of ether oxygens (including phenoxy) is 2. The molecule has 0 bridgehead atoms. The summed E-state index contributed by atoms with van der Waals surface area (Å²) in [6.07, 6.45) is 0. The monoisotopic (exact) mass is 356 g/mol. The molecular formula is C21H21FO4. The second-order valence-corrected chi connectivity index (χ2v) is 5.54. The number of aryl methyl sites for hydroxylation is 1. The minimum Gasteiger partial charge on any atom is -0.462 e. The van der Waals surface area contributed by atoms with Crippen molar-refractivity contribution in [1.82, 2.24) is 0 Å². The summed E-state index contributed by atoms with van der Waals surface area (Å²) >= 11 is 0. The summed E-state index contributed by atoms with van der Waals surface area (Å²) in [6.45, 7) is 5.35. The Kier molecular flexibility index (Phi) is 6.67. The Morgan fingerprint density at radius 2 is 1.42 bits per heavy atom. The van der Waals surface area contributed by atoms with Crippen molar-refractivity contribution in [2.75, 3.05) is 13.2 Å². The van der Waals surface area contributed by atoms with Gasteiger partial charge in [0.05, 0.1) is 13.2 Å². The molecule has 2 rings (SSSR count). The van der Waals surface area contributed by atoms with Crippen LogP contribution in [0.25, 0.3) is 5.57 Å². The zero-order chi connectivity index (χ0) is 19.1. The van der Waals surface area contributed by atoms with Crippen molar-refractivity contribution < 1.29 is 23.5 Å². The molecule has 0 aliphatic carbocycles. The Bertz CT molecular complexity index is 802. The molecule has 5 heteroatoms. The van der Waals surface area contributed by atoms with Gasteiger partial charge in [-0.3, -0.25) is 0 Å². The maximum absolute atomic E-state index is 14.5. The molecule has 0 unspecified atom stereocenters. The van der Waals surface area contributed by atoms with Gasteiger partial charge in [0.25, 0.3) is 0 Å². The second kappa shape index (κ2) is 8.94. The van der Waals surface area contributed by atoms with Crippen molar-refractivity contribution in [2.24, 2.45) is 0 Å². The Morgan fingerprint density at radius 1 is 0.885 bits per heavy atom. The summed E-state index contributed by atoms with van der Waals surface area (Å²) in [5.41, 5.74) is 1.49. The number of hydrogen-bond acceptors (Lipinski definition) is 4. The Labute approximate surface area is 152 Å². The number of esters is 2. The van der Waals surface area contributed by atoms with Gasteiger partial charge in [0, 0.05) is 11.1 Å². The van der Waals surface area contributed by atoms with E-state index in [1.807, 2.05) is 19.1 Å². The van der Waals surface area contributed by atoms with Gasteiger partial charge in [-0.2, -0.15) is 0 Å². The minimum atomic E-state index is -0.843. The van der Waals surface area contributed by atoms with Gasteiger partial charge in [0.15, 0.2) is 5.57 Å². The lowest BCUT2D eigenvalue weighted by atomic mass is 9.92. The third kappa shape index (κ3) is 4.36. The Balaban J connectivity index is 2.81. The highest BCUT2D eigenvalue weighted by atomic mass is 19.1. The third-order valence-electron chi connectivity index (χ3n) is 3.69. The molecule has 0 aliphatic heterocycles. The molecule has 2 aromatic carbocycles. The lowest BCUT2D eigenvalue weighted by Crippen LogP contribution is -2.21. The molecule has 0 spiro atoms. The average molecular weight is 356 g/mol. The molecule has 0 radical (unpaired) electrons. The van der Waals surface area contributed by atoms with E-state index in [0.717, 1.165) is 5.56 Å². The summed E-state index contributed by atoms with van der Waals surface area (Å²) in [5.74, 6) is -2.23. The standard InChI is InChI=1S/C21H21FO4/c1-4-25-20(23)19(21(24)26-5-2)18(15-12-10-14(3)11-13-15)16-8-6-7-9-17(16)22/h6-13H,4-5H2,1-3H3. The van der Waals surface area contributed by atoms with E-state index in [9.17, 15) is 14.0 Å². The number of rotatable bonds is 6. The third-order valence-corrected chi connectivity index (χ3v) is 3.69. The van der Waals surface area contributed by atoms with E-state index >= 15 is 0 Å². The van der Waals surface area contributed by atoms with Gasteiger partial charge in [-0.25, -0.2) is 14.0 Å². The Morgan fingerprint density at radius 3 is 1.92 bits per heavy atom. The van der Waals surface area contributed by atoms with Crippen LogP contribution in [0, 0.1) is 12.7 Å². The molecule has 0 aliphatic rings. The van der Waals surface area contributed by atoms with Crippen molar-refractivity contribution in [2.45, 2.75) is 20.8 Å². The average Bonchev–Trinajstić information content (AvgIpc) is 2.61. The quantitative estimate of drug-likeness (QED) is 0.339. The van der Waals surface area contributed by atoms with Crippen molar-refractivity contribution in [3.05, 3.63) is 76.6 Å². The first kappa shape index (κ1) is 19.4. The molecule has 0 aromatic heterocycles.